The van der Waals surface area contributed by atoms with Crippen molar-refractivity contribution in [2.24, 2.45) is 11.8 Å². The van der Waals surface area contributed by atoms with Crippen molar-refractivity contribution in [3.05, 3.63) is 46.4 Å². The fraction of sp³-hybridized carbons (Fsp3) is 0.476. The molecule has 2 amide bonds. The minimum Gasteiger partial charge on any atom is -0.350 e. The van der Waals surface area contributed by atoms with Gasteiger partial charge in [-0.1, -0.05) is 45.9 Å². The summed E-state index contributed by atoms with van der Waals surface area (Å²) in [7, 11) is 0. The number of benzene rings is 1. The van der Waals surface area contributed by atoms with Gasteiger partial charge in [0.2, 0.25) is 5.91 Å². The molecule has 0 radical (unpaired) electrons. The second kappa shape index (κ2) is 11.2. The smallest absolute Gasteiger partial charge is 0.270 e. The van der Waals surface area contributed by atoms with Crippen molar-refractivity contribution in [3.63, 3.8) is 0 Å². The van der Waals surface area contributed by atoms with Gasteiger partial charge in [0.05, 0.1) is 12.3 Å². The standard InChI is InChI=1S/C21H29N3O2S2/c1-15(2)10-22-21(26)18-13-28-19(23-18)12-24(11-16(3)4)20(25)14-27-17-8-6-5-7-9-17/h5-9,13,15-16H,10-12,14H2,1-4H3,(H,22,26). The van der Waals surface area contributed by atoms with Crippen molar-refractivity contribution < 1.29 is 9.59 Å². The Morgan fingerprint density at radius 3 is 2.50 bits per heavy atom. The minimum absolute atomic E-state index is 0.0866. The first kappa shape index (κ1) is 22.4. The number of nitrogens with one attached hydrogen (secondary N) is 1. The van der Waals surface area contributed by atoms with Crippen LogP contribution in [0.25, 0.3) is 0 Å². The summed E-state index contributed by atoms with van der Waals surface area (Å²) < 4.78 is 0. The van der Waals surface area contributed by atoms with Crippen molar-refractivity contribution in [2.75, 3.05) is 18.8 Å². The van der Waals surface area contributed by atoms with Crippen LogP contribution in [-0.2, 0) is 11.3 Å². The number of nitrogens with zero attached hydrogens (tertiary/aromatic N) is 2. The van der Waals surface area contributed by atoms with E-state index in [9.17, 15) is 9.59 Å². The predicted octanol–water partition coefficient (Wildman–Crippen LogP) is 4.31. The van der Waals surface area contributed by atoms with Crippen LogP contribution in [0.1, 0.15) is 43.2 Å². The molecule has 0 bridgehead atoms. The molecule has 28 heavy (non-hydrogen) atoms. The number of carbonyl (C=O) groups is 2. The predicted molar refractivity (Wildman–Crippen MR) is 117 cm³/mol. The van der Waals surface area contributed by atoms with Gasteiger partial charge in [-0.15, -0.1) is 23.1 Å². The number of aromatic nitrogens is 1. The first-order chi connectivity index (χ1) is 13.3. The summed E-state index contributed by atoms with van der Waals surface area (Å²) in [6.07, 6.45) is 0. The van der Waals surface area contributed by atoms with Gasteiger partial charge < -0.3 is 10.2 Å². The molecule has 0 aliphatic heterocycles. The molecule has 0 aliphatic carbocycles. The third-order valence-electron chi connectivity index (χ3n) is 3.83. The zero-order valence-electron chi connectivity index (χ0n) is 17.0. The van der Waals surface area contributed by atoms with E-state index in [0.29, 0.717) is 42.9 Å². The third kappa shape index (κ3) is 7.64. The number of hydrogen-bond donors (Lipinski definition) is 1. The van der Waals surface area contributed by atoms with Gasteiger partial charge in [-0.2, -0.15) is 0 Å². The lowest BCUT2D eigenvalue weighted by atomic mass is 10.2. The molecule has 5 nitrogen and oxygen atoms in total. The molecule has 0 saturated heterocycles. The van der Waals surface area contributed by atoms with Gasteiger partial charge >= 0.3 is 0 Å². The fourth-order valence-corrected chi connectivity index (χ4v) is 4.10. The monoisotopic (exact) mass is 419 g/mol. The van der Waals surface area contributed by atoms with Crippen molar-refractivity contribution in [3.8, 4) is 0 Å². The van der Waals surface area contributed by atoms with Crippen molar-refractivity contribution in [2.45, 2.75) is 39.1 Å². The topological polar surface area (TPSA) is 62.3 Å². The van der Waals surface area contributed by atoms with Crippen LogP contribution in [0.2, 0.25) is 0 Å². The van der Waals surface area contributed by atoms with E-state index in [0.717, 1.165) is 9.90 Å². The van der Waals surface area contributed by atoms with Crippen LogP contribution < -0.4 is 5.32 Å². The summed E-state index contributed by atoms with van der Waals surface area (Å²) in [6, 6.07) is 9.93. The summed E-state index contributed by atoms with van der Waals surface area (Å²) in [6.45, 7) is 10.0. The molecule has 2 aromatic rings. The normalized spacial score (nSPS) is 11.1. The Balaban J connectivity index is 1.97. The molecule has 152 valence electrons. The maximum atomic E-state index is 12.8. The van der Waals surface area contributed by atoms with E-state index >= 15 is 0 Å². The molecule has 0 atom stereocenters. The largest absolute Gasteiger partial charge is 0.350 e. The highest BCUT2D eigenvalue weighted by molar-refractivity contribution is 8.00. The lowest BCUT2D eigenvalue weighted by molar-refractivity contribution is -0.129. The Morgan fingerprint density at radius 1 is 1.14 bits per heavy atom. The molecule has 0 fully saturated rings. The van der Waals surface area contributed by atoms with E-state index in [1.54, 1.807) is 17.1 Å². The molecule has 7 heteroatoms. The lowest BCUT2D eigenvalue weighted by Gasteiger charge is -2.23. The first-order valence-electron chi connectivity index (χ1n) is 9.53. The molecular formula is C21H29N3O2S2. The second-order valence-electron chi connectivity index (χ2n) is 7.50. The molecule has 0 spiro atoms. The number of rotatable bonds is 10. The van der Waals surface area contributed by atoms with Crippen LogP contribution in [-0.4, -0.2) is 40.5 Å². The SMILES string of the molecule is CC(C)CNC(=O)c1csc(CN(CC(C)C)C(=O)CSc2ccccc2)n1. The summed E-state index contributed by atoms with van der Waals surface area (Å²) in [5, 5.41) is 5.43. The van der Waals surface area contributed by atoms with Crippen molar-refractivity contribution in [1.82, 2.24) is 15.2 Å². The number of carbonyl (C=O) groups excluding carboxylic acids is 2. The molecule has 0 aliphatic rings. The van der Waals surface area contributed by atoms with Crippen LogP contribution in [0.4, 0.5) is 0 Å². The highest BCUT2D eigenvalue weighted by Crippen LogP contribution is 2.19. The van der Waals surface area contributed by atoms with Gasteiger partial charge in [0.1, 0.15) is 10.7 Å². The zero-order chi connectivity index (χ0) is 20.5. The fourth-order valence-electron chi connectivity index (χ4n) is 2.49. The Bertz CT molecular complexity index is 760. The highest BCUT2D eigenvalue weighted by Gasteiger charge is 2.19. The number of hydrogen-bond acceptors (Lipinski definition) is 5. The van der Waals surface area contributed by atoms with Gasteiger partial charge in [0.15, 0.2) is 0 Å². The Hall–Kier alpha value is -1.86. The highest BCUT2D eigenvalue weighted by atomic mass is 32.2. The first-order valence-corrected chi connectivity index (χ1v) is 11.4. The van der Waals surface area contributed by atoms with Crippen LogP contribution in [0.5, 0.6) is 0 Å². The lowest BCUT2D eigenvalue weighted by Crippen LogP contribution is -2.35. The van der Waals surface area contributed by atoms with E-state index in [2.05, 4.69) is 38.0 Å². The maximum Gasteiger partial charge on any atom is 0.270 e. The van der Waals surface area contributed by atoms with Crippen LogP contribution >= 0.6 is 23.1 Å². The van der Waals surface area contributed by atoms with Gasteiger partial charge in [-0.05, 0) is 24.0 Å². The van der Waals surface area contributed by atoms with Gasteiger partial charge in [-0.25, -0.2) is 4.98 Å². The third-order valence-corrected chi connectivity index (χ3v) is 5.66. The van der Waals surface area contributed by atoms with E-state index in [4.69, 9.17) is 0 Å². The quantitative estimate of drug-likeness (QED) is 0.583. The minimum atomic E-state index is -0.155. The van der Waals surface area contributed by atoms with Gasteiger partial charge in [0.25, 0.3) is 5.91 Å². The molecule has 1 N–H and O–H groups in total. The van der Waals surface area contributed by atoms with E-state index in [-0.39, 0.29) is 11.8 Å². The zero-order valence-corrected chi connectivity index (χ0v) is 18.6. The molecule has 1 aromatic heterocycles. The summed E-state index contributed by atoms with van der Waals surface area (Å²) in [5.41, 5.74) is 0.427. The number of amides is 2. The van der Waals surface area contributed by atoms with Crippen molar-refractivity contribution >= 4 is 34.9 Å². The molecular weight excluding hydrogens is 390 g/mol. The van der Waals surface area contributed by atoms with Gasteiger partial charge in [-0.3, -0.25) is 9.59 Å². The second-order valence-corrected chi connectivity index (χ2v) is 9.49. The number of thioether (sulfide) groups is 1. The van der Waals surface area contributed by atoms with Crippen LogP contribution in [0.3, 0.4) is 0 Å². The summed E-state index contributed by atoms with van der Waals surface area (Å²) in [4.78, 5) is 32.3. The molecule has 1 aromatic carbocycles. The van der Waals surface area contributed by atoms with Gasteiger partial charge in [0, 0.05) is 23.4 Å². The molecule has 0 unspecified atom stereocenters. The maximum absolute atomic E-state index is 12.8. The number of thiazole rings is 1. The Kier molecular flexibility index (Phi) is 8.99. The summed E-state index contributed by atoms with van der Waals surface area (Å²) in [5.74, 6) is 1.08. The average Bonchev–Trinajstić information content (AvgIpc) is 3.12. The van der Waals surface area contributed by atoms with E-state index in [1.165, 1.54) is 11.3 Å². The van der Waals surface area contributed by atoms with Crippen molar-refractivity contribution in [1.29, 1.82) is 0 Å². The molecule has 0 saturated carbocycles. The van der Waals surface area contributed by atoms with Crippen LogP contribution in [0, 0.1) is 11.8 Å². The molecule has 1 heterocycles. The van der Waals surface area contributed by atoms with E-state index < -0.39 is 0 Å². The Morgan fingerprint density at radius 2 is 1.86 bits per heavy atom. The molecule has 2 rings (SSSR count). The van der Waals surface area contributed by atoms with Crippen LogP contribution in [0.15, 0.2) is 40.6 Å². The summed E-state index contributed by atoms with van der Waals surface area (Å²) >= 11 is 2.97. The average molecular weight is 420 g/mol. The van der Waals surface area contributed by atoms with E-state index in [1.807, 2.05) is 35.2 Å². The Labute approximate surface area is 175 Å².